The number of nitrogens with two attached hydrogens (primary N) is 1. The number of thiophene rings is 1. The van der Waals surface area contributed by atoms with E-state index >= 15 is 0 Å². The number of nitrogens with zero attached hydrogens (tertiary/aromatic N) is 2. The van der Waals surface area contributed by atoms with E-state index in [9.17, 15) is 0 Å². The van der Waals surface area contributed by atoms with Crippen molar-refractivity contribution in [3.8, 4) is 0 Å². The third kappa shape index (κ3) is 3.11. The molecule has 0 bridgehead atoms. The van der Waals surface area contributed by atoms with Crippen molar-refractivity contribution in [1.82, 2.24) is 9.97 Å². The zero-order chi connectivity index (χ0) is 13.0. The van der Waals surface area contributed by atoms with Crippen LogP contribution >= 0.6 is 23.1 Å². The van der Waals surface area contributed by atoms with E-state index in [1.54, 1.807) is 23.1 Å². The summed E-state index contributed by atoms with van der Waals surface area (Å²) in [6, 6.07) is 1.96. The molecule has 0 aliphatic heterocycles. The monoisotopic (exact) mass is 284 g/mol. The van der Waals surface area contributed by atoms with Crippen molar-refractivity contribution in [1.29, 1.82) is 0 Å². The van der Waals surface area contributed by atoms with Crippen molar-refractivity contribution in [3.63, 3.8) is 0 Å². The predicted octanol–water partition coefficient (Wildman–Crippen LogP) is 1.84. The Hall–Kier alpha value is -0.890. The second kappa shape index (κ2) is 6.33. The Labute approximate surface area is 114 Å². The number of aliphatic hydroxyl groups is 1. The number of aliphatic hydroxyl groups excluding tert-OH is 1. The molecule has 0 aliphatic carbocycles. The van der Waals surface area contributed by atoms with Gasteiger partial charge in [0.15, 0.2) is 5.82 Å². The maximum Gasteiger partial charge on any atom is 0.152 e. The van der Waals surface area contributed by atoms with Gasteiger partial charge in [-0.3, -0.25) is 0 Å². The van der Waals surface area contributed by atoms with E-state index in [2.05, 4.69) is 15.4 Å². The zero-order valence-electron chi connectivity index (χ0n) is 10.1. The van der Waals surface area contributed by atoms with Crippen LogP contribution in [0.3, 0.4) is 0 Å². The Morgan fingerprint density at radius 1 is 1.56 bits per heavy atom. The van der Waals surface area contributed by atoms with Crippen LogP contribution < -0.4 is 11.3 Å². The fourth-order valence-electron chi connectivity index (χ4n) is 1.48. The van der Waals surface area contributed by atoms with E-state index in [4.69, 9.17) is 10.9 Å². The van der Waals surface area contributed by atoms with Crippen LogP contribution in [0, 0.1) is 5.92 Å². The molecule has 7 heteroatoms. The minimum atomic E-state index is 0.216. The van der Waals surface area contributed by atoms with Gasteiger partial charge in [0.25, 0.3) is 0 Å². The van der Waals surface area contributed by atoms with Gasteiger partial charge in [-0.15, -0.1) is 11.3 Å². The first kappa shape index (κ1) is 13.5. The third-order valence-corrected chi connectivity index (χ3v) is 4.53. The molecular formula is C11H16N4OS2. The van der Waals surface area contributed by atoms with Gasteiger partial charge in [0, 0.05) is 6.61 Å². The van der Waals surface area contributed by atoms with Crippen LogP contribution in [0.5, 0.6) is 0 Å². The number of rotatable bonds is 6. The third-order valence-electron chi connectivity index (χ3n) is 2.45. The molecule has 1 unspecified atom stereocenters. The lowest BCUT2D eigenvalue weighted by Gasteiger charge is -2.07. The van der Waals surface area contributed by atoms with E-state index in [1.807, 2.05) is 18.4 Å². The second-order valence-corrected chi connectivity index (χ2v) is 6.00. The molecule has 0 saturated carbocycles. The van der Waals surface area contributed by atoms with Crippen LogP contribution in [0.15, 0.2) is 11.4 Å². The number of fused-ring (bicyclic) bond motifs is 1. The Balaban J connectivity index is 2.08. The summed E-state index contributed by atoms with van der Waals surface area (Å²) in [5.41, 5.74) is 2.61. The first-order valence-electron chi connectivity index (χ1n) is 5.64. The van der Waals surface area contributed by atoms with Crippen LogP contribution in [-0.4, -0.2) is 27.4 Å². The SMILES string of the molecule is CC(CO)CSCc1nc(NN)c2ccsc2n1. The fraction of sp³-hybridized carbons (Fsp3) is 0.455. The lowest BCUT2D eigenvalue weighted by molar-refractivity contribution is 0.250. The van der Waals surface area contributed by atoms with Crippen LogP contribution in [0.25, 0.3) is 10.2 Å². The normalized spacial score (nSPS) is 12.8. The number of hydrogen-bond acceptors (Lipinski definition) is 7. The average molecular weight is 284 g/mol. The molecule has 0 radical (unpaired) electrons. The number of hydrogen-bond donors (Lipinski definition) is 3. The molecule has 98 valence electrons. The summed E-state index contributed by atoms with van der Waals surface area (Å²) < 4.78 is 0. The number of thioether (sulfide) groups is 1. The summed E-state index contributed by atoms with van der Waals surface area (Å²) in [7, 11) is 0. The van der Waals surface area contributed by atoms with Crippen LogP contribution in [0.2, 0.25) is 0 Å². The second-order valence-electron chi connectivity index (χ2n) is 4.08. The maximum atomic E-state index is 8.96. The number of aromatic nitrogens is 2. The summed E-state index contributed by atoms with van der Waals surface area (Å²) >= 11 is 3.30. The highest BCUT2D eigenvalue weighted by Gasteiger charge is 2.08. The van der Waals surface area contributed by atoms with Crippen LogP contribution in [-0.2, 0) is 5.75 Å². The van der Waals surface area contributed by atoms with Gasteiger partial charge >= 0.3 is 0 Å². The standard InChI is InChI=1S/C11H16N4OS2/c1-7(4-16)5-17-6-9-13-10(15-12)8-2-3-18-11(8)14-9/h2-3,7,16H,4-6,12H2,1H3,(H,13,14,15). The van der Waals surface area contributed by atoms with Crippen LogP contribution in [0.4, 0.5) is 5.82 Å². The van der Waals surface area contributed by atoms with Crippen molar-refractivity contribution < 1.29 is 5.11 Å². The molecule has 0 fully saturated rings. The lowest BCUT2D eigenvalue weighted by Crippen LogP contribution is -2.10. The minimum absolute atomic E-state index is 0.216. The Morgan fingerprint density at radius 2 is 2.39 bits per heavy atom. The summed E-state index contributed by atoms with van der Waals surface area (Å²) in [4.78, 5) is 9.83. The molecule has 0 spiro atoms. The molecule has 0 aromatic carbocycles. The first-order valence-corrected chi connectivity index (χ1v) is 7.67. The Kier molecular flexibility index (Phi) is 4.76. The van der Waals surface area contributed by atoms with Gasteiger partial charge in [0.1, 0.15) is 10.7 Å². The predicted molar refractivity (Wildman–Crippen MR) is 77.6 cm³/mol. The molecule has 5 nitrogen and oxygen atoms in total. The van der Waals surface area contributed by atoms with E-state index in [1.165, 1.54) is 0 Å². The highest BCUT2D eigenvalue weighted by molar-refractivity contribution is 7.98. The summed E-state index contributed by atoms with van der Waals surface area (Å²) in [5, 5.41) is 11.9. The van der Waals surface area contributed by atoms with Crippen molar-refractivity contribution >= 4 is 39.1 Å². The van der Waals surface area contributed by atoms with Gasteiger partial charge in [-0.1, -0.05) is 6.92 Å². The van der Waals surface area contributed by atoms with Crippen molar-refractivity contribution in [2.45, 2.75) is 12.7 Å². The van der Waals surface area contributed by atoms with E-state index < -0.39 is 0 Å². The van der Waals surface area contributed by atoms with Gasteiger partial charge in [0.05, 0.1) is 11.1 Å². The lowest BCUT2D eigenvalue weighted by atomic mass is 10.2. The summed E-state index contributed by atoms with van der Waals surface area (Å²) in [6.45, 7) is 2.23. The molecule has 2 aromatic rings. The molecule has 2 heterocycles. The molecule has 18 heavy (non-hydrogen) atoms. The molecule has 0 saturated heterocycles. The number of hydrazine groups is 1. The first-order chi connectivity index (χ1) is 8.74. The summed E-state index contributed by atoms with van der Waals surface area (Å²) in [6.07, 6.45) is 0. The molecule has 4 N–H and O–H groups in total. The van der Waals surface area contributed by atoms with Gasteiger partial charge in [0.2, 0.25) is 0 Å². The quantitative estimate of drug-likeness (QED) is 0.554. The van der Waals surface area contributed by atoms with Gasteiger partial charge in [-0.25, -0.2) is 15.8 Å². The molecule has 2 rings (SSSR count). The highest BCUT2D eigenvalue weighted by atomic mass is 32.2. The fourth-order valence-corrected chi connectivity index (χ4v) is 3.20. The number of anilines is 1. The van der Waals surface area contributed by atoms with Crippen LogP contribution in [0.1, 0.15) is 12.7 Å². The van der Waals surface area contributed by atoms with E-state index in [0.717, 1.165) is 27.5 Å². The highest BCUT2D eigenvalue weighted by Crippen LogP contribution is 2.25. The minimum Gasteiger partial charge on any atom is -0.396 e. The number of nitrogen functional groups attached to an aromatic ring is 1. The smallest absolute Gasteiger partial charge is 0.152 e. The summed E-state index contributed by atoms with van der Waals surface area (Å²) in [5.74, 6) is 8.84. The van der Waals surface area contributed by atoms with E-state index in [-0.39, 0.29) is 6.61 Å². The Bertz CT molecular complexity index is 517. The van der Waals surface area contributed by atoms with Gasteiger partial charge in [-0.2, -0.15) is 11.8 Å². The van der Waals surface area contributed by atoms with Crippen molar-refractivity contribution in [2.24, 2.45) is 11.8 Å². The number of nitrogens with one attached hydrogen (secondary N) is 1. The Morgan fingerprint density at radius 3 is 3.11 bits per heavy atom. The van der Waals surface area contributed by atoms with Gasteiger partial charge in [-0.05, 0) is 23.1 Å². The van der Waals surface area contributed by atoms with Gasteiger partial charge < -0.3 is 10.5 Å². The average Bonchev–Trinajstić information content (AvgIpc) is 2.85. The van der Waals surface area contributed by atoms with Crippen molar-refractivity contribution in [3.05, 3.63) is 17.3 Å². The zero-order valence-corrected chi connectivity index (χ0v) is 11.7. The van der Waals surface area contributed by atoms with Crippen molar-refractivity contribution in [2.75, 3.05) is 17.8 Å². The molecule has 1 atom stereocenters. The van der Waals surface area contributed by atoms with E-state index in [0.29, 0.717) is 11.7 Å². The molecule has 0 aliphatic rings. The molecule has 0 amide bonds. The molecule has 2 aromatic heterocycles. The maximum absolute atomic E-state index is 8.96. The topological polar surface area (TPSA) is 84.1 Å². The molecular weight excluding hydrogens is 268 g/mol. The largest absolute Gasteiger partial charge is 0.396 e.